The van der Waals surface area contributed by atoms with Crippen LogP contribution in [0.2, 0.25) is 0 Å². The molecule has 0 radical (unpaired) electrons. The van der Waals surface area contributed by atoms with Gasteiger partial charge in [-0.05, 0) is 27.6 Å². The maximum absolute atomic E-state index is 11.3. The summed E-state index contributed by atoms with van der Waals surface area (Å²) in [6.07, 6.45) is -1.27. The average molecular weight is 193 g/mol. The Morgan fingerprint density at radius 3 is 2.46 bits per heavy atom. The number of alkyl carbamates (subject to hydrolysis) is 1. The molecule has 5 heteroatoms. The molecule has 76 valence electrons. The minimum absolute atomic E-state index is 0.918. The van der Waals surface area contributed by atoms with Gasteiger partial charge in [0.15, 0.2) is 0 Å². The highest BCUT2D eigenvalue weighted by Crippen LogP contribution is 2.06. The van der Waals surface area contributed by atoms with Crippen molar-refractivity contribution < 1.29 is 24.9 Å². The van der Waals surface area contributed by atoms with Crippen molar-refractivity contribution in [3.8, 4) is 0 Å². The van der Waals surface area contributed by atoms with Crippen LogP contribution in [0.3, 0.4) is 0 Å². The van der Waals surface area contributed by atoms with Crippen molar-refractivity contribution in [3.05, 3.63) is 0 Å². The number of hydrogen-bond acceptors (Lipinski definition) is 3. The Morgan fingerprint density at radius 1 is 1.62 bits per heavy atom. The normalized spacial score (nSPS) is 21.2. The SMILES string of the molecule is [2H]C([2H])([2H])[C@@]([2H])(NC(=O)OC(C)(C)C)C(=O)O. The van der Waals surface area contributed by atoms with Crippen molar-refractivity contribution in [2.45, 2.75) is 39.2 Å². The second-order valence-corrected chi connectivity index (χ2v) is 3.31. The third kappa shape index (κ3) is 5.95. The lowest BCUT2D eigenvalue weighted by molar-refractivity contribution is -0.139. The molecule has 2 N–H and O–H groups in total. The molecule has 0 bridgehead atoms. The van der Waals surface area contributed by atoms with E-state index < -0.39 is 30.5 Å². The van der Waals surface area contributed by atoms with E-state index in [1.807, 2.05) is 0 Å². The molecule has 5 nitrogen and oxygen atoms in total. The number of rotatable bonds is 2. The Kier molecular flexibility index (Phi) is 1.97. The van der Waals surface area contributed by atoms with Crippen LogP contribution in [-0.2, 0) is 9.53 Å². The van der Waals surface area contributed by atoms with Crippen LogP contribution >= 0.6 is 0 Å². The van der Waals surface area contributed by atoms with E-state index in [0.29, 0.717) is 0 Å². The summed E-state index contributed by atoms with van der Waals surface area (Å²) in [6.45, 7) is 1.35. The minimum Gasteiger partial charge on any atom is -0.480 e. The largest absolute Gasteiger partial charge is 0.480 e. The van der Waals surface area contributed by atoms with Crippen LogP contribution in [-0.4, -0.2) is 28.8 Å². The third-order valence-corrected chi connectivity index (χ3v) is 0.840. The molecule has 0 aromatic rings. The van der Waals surface area contributed by atoms with E-state index in [9.17, 15) is 9.59 Å². The standard InChI is InChI=1S/C8H15NO4/c1-5(6(10)11)9-7(12)13-8(2,3)4/h5H,1-4H3,(H,9,12)(H,10,11)/t5-/m1/s1/i1D3,5D. The van der Waals surface area contributed by atoms with E-state index in [0.717, 1.165) is 0 Å². The molecule has 0 aromatic heterocycles. The summed E-state index contributed by atoms with van der Waals surface area (Å²) in [7, 11) is 0. The van der Waals surface area contributed by atoms with Crippen LogP contribution < -0.4 is 5.32 Å². The number of amides is 1. The van der Waals surface area contributed by atoms with E-state index in [2.05, 4.69) is 0 Å². The van der Waals surface area contributed by atoms with E-state index in [1.54, 1.807) is 0 Å². The van der Waals surface area contributed by atoms with Gasteiger partial charge in [0.05, 0.1) is 1.37 Å². The Bertz CT molecular complexity index is 322. The van der Waals surface area contributed by atoms with Crippen LogP contribution in [0.15, 0.2) is 0 Å². The number of carbonyl (C=O) groups excluding carboxylic acids is 1. The lowest BCUT2D eigenvalue weighted by Crippen LogP contribution is -2.41. The van der Waals surface area contributed by atoms with Crippen molar-refractivity contribution in [1.82, 2.24) is 5.32 Å². The first-order valence-corrected chi connectivity index (χ1v) is 3.54. The Balaban J connectivity index is 4.93. The molecule has 1 atom stereocenters. The summed E-state index contributed by atoms with van der Waals surface area (Å²) in [6, 6.07) is -3.13. The fourth-order valence-corrected chi connectivity index (χ4v) is 0.459. The van der Waals surface area contributed by atoms with Crippen LogP contribution in [0.25, 0.3) is 0 Å². The van der Waals surface area contributed by atoms with Crippen molar-refractivity contribution in [1.29, 1.82) is 0 Å². The lowest BCUT2D eigenvalue weighted by Gasteiger charge is -2.20. The van der Waals surface area contributed by atoms with Gasteiger partial charge >= 0.3 is 12.1 Å². The number of aliphatic carboxylic acids is 1. The highest BCUT2D eigenvalue weighted by molar-refractivity contribution is 5.79. The van der Waals surface area contributed by atoms with Gasteiger partial charge in [-0.2, -0.15) is 0 Å². The van der Waals surface area contributed by atoms with E-state index in [4.69, 9.17) is 15.3 Å². The smallest absolute Gasteiger partial charge is 0.408 e. The lowest BCUT2D eigenvalue weighted by atomic mass is 10.2. The zero-order valence-electron chi connectivity index (χ0n) is 11.7. The number of hydrogen-bond donors (Lipinski definition) is 2. The van der Waals surface area contributed by atoms with Crippen molar-refractivity contribution in [2.75, 3.05) is 0 Å². The first kappa shape index (κ1) is 6.23. The van der Waals surface area contributed by atoms with Gasteiger partial charge in [-0.3, -0.25) is 4.79 Å². The number of ether oxygens (including phenoxy) is 1. The van der Waals surface area contributed by atoms with E-state index >= 15 is 0 Å². The number of carboxylic acids is 1. The average Bonchev–Trinajstić information content (AvgIpc) is 1.96. The predicted octanol–water partition coefficient (Wildman–Crippen LogP) is 0.984. The van der Waals surface area contributed by atoms with Crippen LogP contribution in [0, 0.1) is 0 Å². The summed E-state index contributed by atoms with van der Waals surface area (Å²) in [5.41, 5.74) is -0.918. The van der Waals surface area contributed by atoms with Crippen molar-refractivity contribution in [3.63, 3.8) is 0 Å². The zero-order valence-corrected chi connectivity index (χ0v) is 7.67. The summed E-state index contributed by atoms with van der Waals surface area (Å²) in [5, 5.41) is 10.2. The fourth-order valence-electron chi connectivity index (χ4n) is 0.459. The molecule has 0 aliphatic rings. The molecule has 0 aliphatic heterocycles. The van der Waals surface area contributed by atoms with Crippen LogP contribution in [0.1, 0.15) is 33.1 Å². The molecular formula is C8H15NO4. The summed E-state index contributed by atoms with van der Waals surface area (Å²) >= 11 is 0. The highest BCUT2D eigenvalue weighted by Gasteiger charge is 2.20. The molecule has 0 saturated carbocycles. The first-order chi connectivity index (χ1) is 7.29. The summed E-state index contributed by atoms with van der Waals surface area (Å²) in [5.74, 6) is -1.98. The van der Waals surface area contributed by atoms with Crippen LogP contribution in [0.5, 0.6) is 0 Å². The second-order valence-electron chi connectivity index (χ2n) is 3.31. The molecule has 0 fully saturated rings. The molecule has 0 aliphatic carbocycles. The molecular weight excluding hydrogens is 174 g/mol. The van der Waals surface area contributed by atoms with Crippen molar-refractivity contribution >= 4 is 12.1 Å². The number of carboxylic acid groups (broad SMARTS) is 1. The van der Waals surface area contributed by atoms with Gasteiger partial charge in [0.25, 0.3) is 0 Å². The topological polar surface area (TPSA) is 75.6 Å². The number of carbonyl (C=O) groups is 2. The molecule has 0 unspecified atom stereocenters. The Hall–Kier alpha value is -1.26. The molecule has 0 spiro atoms. The van der Waals surface area contributed by atoms with Gasteiger partial charge in [0.2, 0.25) is 0 Å². The Morgan fingerprint density at radius 2 is 2.15 bits per heavy atom. The maximum Gasteiger partial charge on any atom is 0.408 e. The highest BCUT2D eigenvalue weighted by atomic mass is 16.6. The first-order valence-electron chi connectivity index (χ1n) is 5.54. The summed E-state index contributed by atoms with van der Waals surface area (Å²) in [4.78, 5) is 22.0. The van der Waals surface area contributed by atoms with E-state index in [-0.39, 0.29) is 0 Å². The van der Waals surface area contributed by atoms with Gasteiger partial charge in [-0.15, -0.1) is 0 Å². The maximum atomic E-state index is 11.3. The molecule has 0 aromatic carbocycles. The van der Waals surface area contributed by atoms with Crippen molar-refractivity contribution in [2.24, 2.45) is 0 Å². The molecule has 13 heavy (non-hydrogen) atoms. The molecule has 0 rings (SSSR count). The minimum atomic E-state index is -3.21. The zero-order chi connectivity index (χ0) is 14.1. The number of nitrogens with one attached hydrogen (secondary N) is 1. The molecule has 1 amide bonds. The molecule has 0 heterocycles. The monoisotopic (exact) mass is 193 g/mol. The van der Waals surface area contributed by atoms with Gasteiger partial charge in [0.1, 0.15) is 11.6 Å². The van der Waals surface area contributed by atoms with E-state index in [1.165, 1.54) is 26.1 Å². The van der Waals surface area contributed by atoms with Gasteiger partial charge in [-0.25, -0.2) is 4.79 Å². The molecule has 0 saturated heterocycles. The fraction of sp³-hybridized carbons (Fsp3) is 0.750. The van der Waals surface area contributed by atoms with Gasteiger partial charge in [-0.1, -0.05) is 0 Å². The summed E-state index contributed by atoms with van der Waals surface area (Å²) < 4.78 is 32.8. The van der Waals surface area contributed by atoms with Gasteiger partial charge in [0, 0.05) is 4.11 Å². The predicted molar refractivity (Wildman–Crippen MR) is 46.5 cm³/mol. The quantitative estimate of drug-likeness (QED) is 0.685. The van der Waals surface area contributed by atoms with Gasteiger partial charge < -0.3 is 15.2 Å². The Labute approximate surface area is 82.7 Å². The second kappa shape index (κ2) is 4.11. The third-order valence-electron chi connectivity index (χ3n) is 0.840. The van der Waals surface area contributed by atoms with Crippen LogP contribution in [0.4, 0.5) is 4.79 Å².